The molecule has 0 atom stereocenters. The molecule has 0 spiro atoms. The minimum absolute atomic E-state index is 0.0675. The Morgan fingerprint density at radius 2 is 1.91 bits per heavy atom. The predicted octanol–water partition coefficient (Wildman–Crippen LogP) is 2.19. The van der Waals surface area contributed by atoms with Crippen LogP contribution >= 0.6 is 11.3 Å². The van der Waals surface area contributed by atoms with E-state index in [-0.39, 0.29) is 6.10 Å². The van der Waals surface area contributed by atoms with Gasteiger partial charge >= 0.3 is 4.87 Å². The van der Waals surface area contributed by atoms with E-state index >= 15 is 0 Å². The van der Waals surface area contributed by atoms with Gasteiger partial charge in [-0.2, -0.15) is 0 Å². The first-order valence-electron chi connectivity index (χ1n) is 6.82. The van der Waals surface area contributed by atoms with Gasteiger partial charge in [-0.1, -0.05) is 18.2 Å². The molecular weight excluding hydrogens is 318 g/mol. The lowest BCUT2D eigenvalue weighted by Gasteiger charge is -2.09. The second-order valence-corrected chi connectivity index (χ2v) is 5.92. The molecule has 0 amide bonds. The van der Waals surface area contributed by atoms with Crippen LogP contribution in [0, 0.1) is 0 Å². The second-order valence-electron chi connectivity index (χ2n) is 4.96. The van der Waals surface area contributed by atoms with E-state index in [1.54, 1.807) is 24.3 Å². The normalized spacial score (nSPS) is 11.1. The number of H-pyrrole nitrogens is 1. The van der Waals surface area contributed by atoms with Gasteiger partial charge < -0.3 is 9.84 Å². The SMILES string of the molecule is CC(C)Oc1ccc(C=CC(=O)c2c(O)sc(=O)[nH]c2=O)cc1. The number of carbonyl (C=O) groups excluding carboxylic acids is 1. The summed E-state index contributed by atoms with van der Waals surface area (Å²) in [5.41, 5.74) is -0.610. The molecule has 120 valence electrons. The van der Waals surface area contributed by atoms with Gasteiger partial charge in [-0.3, -0.25) is 19.4 Å². The fourth-order valence-electron chi connectivity index (χ4n) is 1.82. The number of benzene rings is 1. The molecular formula is C16H15NO5S. The first kappa shape index (κ1) is 16.7. The van der Waals surface area contributed by atoms with Gasteiger partial charge in [0.25, 0.3) is 5.56 Å². The highest BCUT2D eigenvalue weighted by Gasteiger charge is 2.15. The summed E-state index contributed by atoms with van der Waals surface area (Å²) in [4.78, 5) is 35.9. The lowest BCUT2D eigenvalue weighted by atomic mass is 10.1. The summed E-state index contributed by atoms with van der Waals surface area (Å²) in [7, 11) is 0. The number of hydrogen-bond donors (Lipinski definition) is 2. The van der Waals surface area contributed by atoms with Crippen LogP contribution in [0.4, 0.5) is 0 Å². The van der Waals surface area contributed by atoms with Crippen molar-refractivity contribution in [3.05, 3.63) is 61.5 Å². The second kappa shape index (κ2) is 7.06. The zero-order chi connectivity index (χ0) is 17.0. The third kappa shape index (κ3) is 4.40. The van der Waals surface area contributed by atoms with E-state index in [9.17, 15) is 19.5 Å². The minimum Gasteiger partial charge on any atom is -0.499 e. The Labute approximate surface area is 135 Å². The van der Waals surface area contributed by atoms with Gasteiger partial charge in [-0.15, -0.1) is 0 Å². The number of carbonyl (C=O) groups is 1. The Morgan fingerprint density at radius 3 is 2.48 bits per heavy atom. The van der Waals surface area contributed by atoms with Crippen molar-refractivity contribution in [3.8, 4) is 10.8 Å². The molecule has 0 bridgehead atoms. The van der Waals surface area contributed by atoms with Gasteiger partial charge in [0, 0.05) is 0 Å². The molecule has 7 heteroatoms. The van der Waals surface area contributed by atoms with Crippen LogP contribution in [0.15, 0.2) is 39.9 Å². The topological polar surface area (TPSA) is 96.5 Å². The van der Waals surface area contributed by atoms with Crippen molar-refractivity contribution in [2.24, 2.45) is 0 Å². The summed E-state index contributed by atoms with van der Waals surface area (Å²) in [6, 6.07) is 7.05. The highest BCUT2D eigenvalue weighted by atomic mass is 32.1. The van der Waals surface area contributed by atoms with Gasteiger partial charge in [0.05, 0.1) is 6.10 Å². The zero-order valence-corrected chi connectivity index (χ0v) is 13.3. The summed E-state index contributed by atoms with van der Waals surface area (Å²) < 4.78 is 5.51. The number of aromatic nitrogens is 1. The van der Waals surface area contributed by atoms with E-state index in [2.05, 4.69) is 0 Å². The van der Waals surface area contributed by atoms with Crippen LogP contribution in [-0.2, 0) is 0 Å². The predicted molar refractivity (Wildman–Crippen MR) is 88.4 cm³/mol. The van der Waals surface area contributed by atoms with Crippen molar-refractivity contribution in [3.63, 3.8) is 0 Å². The molecule has 1 heterocycles. The van der Waals surface area contributed by atoms with E-state index < -0.39 is 26.8 Å². The molecule has 2 rings (SSSR count). The Morgan fingerprint density at radius 1 is 1.26 bits per heavy atom. The van der Waals surface area contributed by atoms with Crippen molar-refractivity contribution >= 4 is 23.2 Å². The number of ether oxygens (including phenoxy) is 1. The van der Waals surface area contributed by atoms with Crippen LogP contribution in [0.2, 0.25) is 0 Å². The van der Waals surface area contributed by atoms with E-state index in [1.807, 2.05) is 18.8 Å². The third-order valence-electron chi connectivity index (χ3n) is 2.77. The largest absolute Gasteiger partial charge is 0.499 e. The number of ketones is 1. The molecule has 23 heavy (non-hydrogen) atoms. The number of aromatic hydroxyl groups is 1. The van der Waals surface area contributed by atoms with Gasteiger partial charge in [-0.05, 0) is 49.0 Å². The number of rotatable bonds is 5. The average molecular weight is 333 g/mol. The third-order valence-corrected chi connectivity index (χ3v) is 3.46. The van der Waals surface area contributed by atoms with Crippen molar-refractivity contribution < 1.29 is 14.6 Å². The quantitative estimate of drug-likeness (QED) is 0.646. The Kier molecular flexibility index (Phi) is 5.13. The molecule has 0 aliphatic heterocycles. The van der Waals surface area contributed by atoms with Crippen molar-refractivity contribution in [2.75, 3.05) is 0 Å². The van der Waals surface area contributed by atoms with E-state index in [0.29, 0.717) is 17.1 Å². The van der Waals surface area contributed by atoms with Gasteiger partial charge in [0.2, 0.25) is 0 Å². The molecule has 0 saturated heterocycles. The molecule has 0 aliphatic rings. The fourth-order valence-corrected chi connectivity index (χ4v) is 2.43. The van der Waals surface area contributed by atoms with E-state index in [4.69, 9.17) is 4.74 Å². The lowest BCUT2D eigenvalue weighted by Crippen LogP contribution is -2.22. The standard InChI is InChI=1S/C16H15NO5S/c1-9(2)22-11-6-3-10(4-7-11)5-8-12(18)13-14(19)17-16(21)23-15(13)20/h3-9,20H,1-2H3,(H,17,19,21). The summed E-state index contributed by atoms with van der Waals surface area (Å²) >= 11 is 0.404. The van der Waals surface area contributed by atoms with Gasteiger partial charge in [0.1, 0.15) is 11.3 Å². The number of allylic oxidation sites excluding steroid dienone is 1. The van der Waals surface area contributed by atoms with E-state index in [1.165, 1.54) is 12.2 Å². The van der Waals surface area contributed by atoms with Crippen molar-refractivity contribution in [2.45, 2.75) is 20.0 Å². The number of hydrogen-bond acceptors (Lipinski definition) is 6. The first-order valence-corrected chi connectivity index (χ1v) is 7.64. The maximum absolute atomic E-state index is 12.0. The smallest absolute Gasteiger partial charge is 0.310 e. The lowest BCUT2D eigenvalue weighted by molar-refractivity contribution is 0.104. The molecule has 0 aliphatic carbocycles. The van der Waals surface area contributed by atoms with Crippen molar-refractivity contribution in [1.82, 2.24) is 4.98 Å². The average Bonchev–Trinajstić information content (AvgIpc) is 2.45. The summed E-state index contributed by atoms with van der Waals surface area (Å²) in [6.07, 6.45) is 2.74. The molecule has 6 nitrogen and oxygen atoms in total. The molecule has 0 unspecified atom stereocenters. The van der Waals surface area contributed by atoms with E-state index in [0.717, 1.165) is 5.56 Å². The molecule has 0 saturated carbocycles. The van der Waals surface area contributed by atoms with Crippen LogP contribution in [0.25, 0.3) is 6.08 Å². The molecule has 0 radical (unpaired) electrons. The summed E-state index contributed by atoms with van der Waals surface area (Å²) in [5, 5.41) is 9.00. The van der Waals surface area contributed by atoms with Crippen molar-refractivity contribution in [1.29, 1.82) is 0 Å². The van der Waals surface area contributed by atoms with Gasteiger partial charge in [-0.25, -0.2) is 0 Å². The number of nitrogens with one attached hydrogen (secondary N) is 1. The highest BCUT2D eigenvalue weighted by molar-refractivity contribution is 7.11. The van der Waals surface area contributed by atoms with Crippen LogP contribution in [0.5, 0.6) is 10.8 Å². The summed E-state index contributed by atoms with van der Waals surface area (Å²) in [6.45, 7) is 3.84. The first-order chi connectivity index (χ1) is 10.9. The van der Waals surface area contributed by atoms with Gasteiger partial charge in [0.15, 0.2) is 10.8 Å². The monoisotopic (exact) mass is 333 g/mol. The molecule has 2 aromatic rings. The maximum Gasteiger partial charge on any atom is 0.310 e. The van der Waals surface area contributed by atoms with Crippen LogP contribution in [0.1, 0.15) is 29.8 Å². The molecule has 2 N–H and O–H groups in total. The van der Waals surface area contributed by atoms with Crippen LogP contribution in [-0.4, -0.2) is 22.0 Å². The Balaban J connectivity index is 2.19. The summed E-state index contributed by atoms with van der Waals surface area (Å²) in [5.74, 6) is 0.0351. The number of aromatic amines is 1. The highest BCUT2D eigenvalue weighted by Crippen LogP contribution is 2.17. The zero-order valence-electron chi connectivity index (χ0n) is 12.5. The molecule has 1 aromatic heterocycles. The van der Waals surface area contributed by atoms with Crippen LogP contribution in [0.3, 0.4) is 0 Å². The maximum atomic E-state index is 12.0. The molecule has 0 fully saturated rings. The Bertz CT molecular complexity index is 846. The minimum atomic E-state index is -0.901. The van der Waals surface area contributed by atoms with Crippen LogP contribution < -0.4 is 15.2 Å². The Hall–Kier alpha value is -2.67. The fraction of sp³-hybridized carbons (Fsp3) is 0.188. The molecule has 1 aromatic carbocycles.